The molecule has 0 saturated heterocycles. The highest BCUT2D eigenvalue weighted by molar-refractivity contribution is 4.82. The van der Waals surface area contributed by atoms with E-state index in [2.05, 4.69) is 52.2 Å². The van der Waals surface area contributed by atoms with E-state index in [1.165, 1.54) is 167 Å². The van der Waals surface area contributed by atoms with Gasteiger partial charge in [0.1, 0.15) is 12.6 Å². The molecule has 0 spiro atoms. The standard InChI is InChI=1S/C59H118NO10/c1-5-7-9-11-13-15-17-19-21-23-25-27-29-31-33-38-44-67-57-58(68-45-39-34-32-30-28-26-24-22-20-18-16-14-12-10-8-6-2)56-60(3,4)41-37-35-36-40-59(69-54-52-65-50-48-63-46-42-61)70-55-53-66-51-49-64-47-43-62/h19-22,58-59,61-62H,5-18,23-57H2,1-4H3/q+1/b21-19-,22-20-. The highest BCUT2D eigenvalue weighted by atomic mass is 16.7. The highest BCUT2D eigenvalue weighted by Crippen LogP contribution is 2.15. The van der Waals surface area contributed by atoms with Gasteiger partial charge in [-0.3, -0.25) is 0 Å². The lowest BCUT2D eigenvalue weighted by atomic mass is 10.1. The van der Waals surface area contributed by atoms with E-state index >= 15 is 0 Å². The zero-order valence-corrected chi connectivity index (χ0v) is 46.7. The molecule has 0 radical (unpaired) electrons. The average molecular weight is 1000 g/mol. The van der Waals surface area contributed by atoms with Crippen molar-refractivity contribution in [2.75, 3.05) is 126 Å². The monoisotopic (exact) mass is 1000 g/mol. The minimum Gasteiger partial charge on any atom is -0.394 e. The Morgan fingerprint density at radius 2 is 0.729 bits per heavy atom. The Balaban J connectivity index is 4.71. The highest BCUT2D eigenvalue weighted by Gasteiger charge is 2.23. The zero-order chi connectivity index (χ0) is 50.8. The van der Waals surface area contributed by atoms with Gasteiger partial charge in [0, 0.05) is 13.2 Å². The lowest BCUT2D eigenvalue weighted by molar-refractivity contribution is -0.893. The Morgan fingerprint density at radius 3 is 1.17 bits per heavy atom. The summed E-state index contributed by atoms with van der Waals surface area (Å²) >= 11 is 0. The van der Waals surface area contributed by atoms with E-state index in [1.54, 1.807) is 0 Å². The van der Waals surface area contributed by atoms with E-state index in [-0.39, 0.29) is 25.6 Å². The number of hydrogen-bond acceptors (Lipinski definition) is 10. The molecule has 0 bridgehead atoms. The maximum absolute atomic E-state index is 8.87. The predicted molar refractivity (Wildman–Crippen MR) is 293 cm³/mol. The van der Waals surface area contributed by atoms with Crippen LogP contribution < -0.4 is 0 Å². The average Bonchev–Trinajstić information content (AvgIpc) is 3.35. The van der Waals surface area contributed by atoms with Crippen molar-refractivity contribution in [2.45, 2.75) is 232 Å². The van der Waals surface area contributed by atoms with Crippen molar-refractivity contribution in [3.63, 3.8) is 0 Å². The van der Waals surface area contributed by atoms with Gasteiger partial charge in [-0.25, -0.2) is 0 Å². The van der Waals surface area contributed by atoms with E-state index in [0.29, 0.717) is 72.7 Å². The molecule has 0 heterocycles. The second-order valence-electron chi connectivity index (χ2n) is 20.2. The lowest BCUT2D eigenvalue weighted by Crippen LogP contribution is -2.48. The summed E-state index contributed by atoms with van der Waals surface area (Å²) in [5.74, 6) is 0. The van der Waals surface area contributed by atoms with Gasteiger partial charge in [-0.15, -0.1) is 0 Å². The first-order valence-corrected chi connectivity index (χ1v) is 29.6. The third-order valence-electron chi connectivity index (χ3n) is 12.8. The fourth-order valence-electron chi connectivity index (χ4n) is 8.55. The summed E-state index contributed by atoms with van der Waals surface area (Å²) in [5.41, 5.74) is 0. The fraction of sp³-hybridized carbons (Fsp3) is 0.932. The molecule has 0 aliphatic heterocycles. The normalized spacial score (nSPS) is 12.8. The molecule has 11 nitrogen and oxygen atoms in total. The van der Waals surface area contributed by atoms with Crippen LogP contribution in [0.1, 0.15) is 219 Å². The van der Waals surface area contributed by atoms with Gasteiger partial charge in [0.05, 0.1) is 107 Å². The topological polar surface area (TPSA) is 114 Å². The van der Waals surface area contributed by atoms with Crippen LogP contribution in [0, 0.1) is 0 Å². The summed E-state index contributed by atoms with van der Waals surface area (Å²) in [6.07, 6.45) is 50.3. The minimum absolute atomic E-state index is 0.0127. The Labute approximate surface area is 433 Å². The van der Waals surface area contributed by atoms with Gasteiger partial charge in [-0.2, -0.15) is 0 Å². The van der Waals surface area contributed by atoms with Gasteiger partial charge in [0.2, 0.25) is 0 Å². The van der Waals surface area contributed by atoms with Crippen LogP contribution in [0.2, 0.25) is 0 Å². The third-order valence-corrected chi connectivity index (χ3v) is 12.8. The number of allylic oxidation sites excluding steroid dienone is 4. The molecule has 0 aromatic heterocycles. The molecule has 0 aromatic carbocycles. The molecule has 11 heteroatoms. The van der Waals surface area contributed by atoms with Gasteiger partial charge in [-0.1, -0.05) is 154 Å². The minimum atomic E-state index is -0.325. The van der Waals surface area contributed by atoms with Crippen molar-refractivity contribution in [1.29, 1.82) is 0 Å². The molecule has 0 amide bonds. The number of unbranched alkanes of at least 4 members (excludes halogenated alkanes) is 26. The van der Waals surface area contributed by atoms with Crippen LogP contribution in [0.5, 0.6) is 0 Å². The Hall–Kier alpha value is -0.960. The Morgan fingerprint density at radius 1 is 0.357 bits per heavy atom. The van der Waals surface area contributed by atoms with Gasteiger partial charge < -0.3 is 52.6 Å². The Bertz CT molecular complexity index is 1010. The molecule has 2 N–H and O–H groups in total. The second-order valence-corrected chi connectivity index (χ2v) is 20.2. The summed E-state index contributed by atoms with van der Waals surface area (Å²) in [5, 5.41) is 17.7. The number of nitrogens with zero attached hydrogens (tertiary/aromatic N) is 1. The molecular formula is C59H118NO10+. The van der Waals surface area contributed by atoms with Crippen molar-refractivity contribution in [2.24, 2.45) is 0 Å². The van der Waals surface area contributed by atoms with Gasteiger partial charge >= 0.3 is 0 Å². The number of ether oxygens (including phenoxy) is 8. The first kappa shape index (κ1) is 69.0. The Kier molecular flexibility index (Phi) is 58.1. The number of aliphatic hydroxyl groups excluding tert-OH is 2. The van der Waals surface area contributed by atoms with Gasteiger partial charge in [-0.05, 0) is 89.9 Å². The number of hydrogen-bond donors (Lipinski definition) is 2. The van der Waals surface area contributed by atoms with Crippen LogP contribution in [0.25, 0.3) is 0 Å². The molecule has 418 valence electrons. The van der Waals surface area contributed by atoms with E-state index < -0.39 is 0 Å². The quantitative estimate of drug-likeness (QED) is 0.0264. The molecule has 0 fully saturated rings. The molecule has 0 rings (SSSR count). The molecule has 1 atom stereocenters. The third kappa shape index (κ3) is 56.3. The molecule has 0 saturated carbocycles. The summed E-state index contributed by atoms with van der Waals surface area (Å²) in [4.78, 5) is 0. The van der Waals surface area contributed by atoms with Crippen molar-refractivity contribution < 1.29 is 52.6 Å². The smallest absolute Gasteiger partial charge is 0.157 e. The van der Waals surface area contributed by atoms with Crippen LogP contribution in [0.4, 0.5) is 0 Å². The summed E-state index contributed by atoms with van der Waals surface area (Å²) in [6.45, 7) is 13.2. The van der Waals surface area contributed by atoms with Crippen LogP contribution >= 0.6 is 0 Å². The fourth-order valence-corrected chi connectivity index (χ4v) is 8.55. The largest absolute Gasteiger partial charge is 0.394 e. The number of rotatable bonds is 61. The zero-order valence-electron chi connectivity index (χ0n) is 46.7. The van der Waals surface area contributed by atoms with Crippen LogP contribution in [0.15, 0.2) is 24.3 Å². The molecule has 0 aliphatic carbocycles. The SMILES string of the molecule is CCCCCCCC/C=C\CCCCCCCCOCC(C[N+](C)(C)CCCCCC(OCCOCCOCCO)OCCOCCOCCO)OCCCCCCCC/C=C\CCCCCCCC. The van der Waals surface area contributed by atoms with Crippen LogP contribution in [-0.4, -0.2) is 153 Å². The first-order chi connectivity index (χ1) is 34.5. The lowest BCUT2D eigenvalue weighted by Gasteiger charge is -2.33. The maximum Gasteiger partial charge on any atom is 0.157 e. The molecular weight excluding hydrogens is 883 g/mol. The van der Waals surface area contributed by atoms with Crippen molar-refractivity contribution in [3.05, 3.63) is 24.3 Å². The van der Waals surface area contributed by atoms with Gasteiger partial charge in [0.15, 0.2) is 6.29 Å². The summed E-state index contributed by atoms with van der Waals surface area (Å²) in [7, 11) is 4.68. The summed E-state index contributed by atoms with van der Waals surface area (Å²) in [6, 6.07) is 0. The van der Waals surface area contributed by atoms with Crippen molar-refractivity contribution in [1.82, 2.24) is 0 Å². The van der Waals surface area contributed by atoms with Crippen molar-refractivity contribution >= 4 is 0 Å². The molecule has 1 unspecified atom stereocenters. The first-order valence-electron chi connectivity index (χ1n) is 29.6. The number of aliphatic hydroxyl groups is 2. The summed E-state index contributed by atoms with van der Waals surface area (Å²) < 4.78 is 47.8. The van der Waals surface area contributed by atoms with E-state index in [1.807, 2.05) is 0 Å². The molecule has 70 heavy (non-hydrogen) atoms. The second kappa shape index (κ2) is 58.9. The van der Waals surface area contributed by atoms with Crippen molar-refractivity contribution in [3.8, 4) is 0 Å². The molecule has 0 aromatic rings. The van der Waals surface area contributed by atoms with E-state index in [0.717, 1.165) is 69.3 Å². The van der Waals surface area contributed by atoms with Gasteiger partial charge in [0.25, 0.3) is 0 Å². The molecule has 0 aliphatic rings. The van der Waals surface area contributed by atoms with E-state index in [4.69, 9.17) is 48.1 Å². The van der Waals surface area contributed by atoms with Crippen LogP contribution in [0.3, 0.4) is 0 Å². The van der Waals surface area contributed by atoms with E-state index in [9.17, 15) is 0 Å². The van der Waals surface area contributed by atoms with Crippen LogP contribution in [-0.2, 0) is 37.9 Å². The number of likely N-dealkylation sites (N-methyl/N-ethyl adjacent to an activating group) is 1. The number of quaternary nitrogens is 1. The predicted octanol–water partition coefficient (Wildman–Crippen LogP) is 13.5. The maximum atomic E-state index is 8.87.